The molecule has 0 saturated carbocycles. The molecule has 10 heteroatoms. The molecule has 0 saturated heterocycles. The van der Waals surface area contributed by atoms with Gasteiger partial charge in [-0.15, -0.1) is 0 Å². The smallest absolute Gasteiger partial charge is 0.263 e. The monoisotopic (exact) mass is 519 g/mol. The topological polar surface area (TPSA) is 103 Å². The molecular formula is C27H22FN3O5S. The van der Waals surface area contributed by atoms with Crippen LogP contribution in [0.2, 0.25) is 0 Å². The van der Waals surface area contributed by atoms with E-state index >= 15 is 0 Å². The third kappa shape index (κ3) is 4.47. The fourth-order valence-electron chi connectivity index (χ4n) is 4.33. The van der Waals surface area contributed by atoms with E-state index in [0.29, 0.717) is 33.5 Å². The van der Waals surface area contributed by atoms with Crippen LogP contribution in [0.15, 0.2) is 87.2 Å². The van der Waals surface area contributed by atoms with Crippen molar-refractivity contribution >= 4 is 26.7 Å². The largest absolute Gasteiger partial charge is 0.495 e. The van der Waals surface area contributed by atoms with Gasteiger partial charge < -0.3 is 9.26 Å². The summed E-state index contributed by atoms with van der Waals surface area (Å²) in [5.41, 5.74) is 3.53. The van der Waals surface area contributed by atoms with E-state index in [1.54, 1.807) is 37.3 Å². The van der Waals surface area contributed by atoms with E-state index in [1.165, 1.54) is 54.3 Å². The zero-order chi connectivity index (χ0) is 26.3. The van der Waals surface area contributed by atoms with E-state index in [9.17, 15) is 17.6 Å². The molecule has 0 atom stereocenters. The van der Waals surface area contributed by atoms with Gasteiger partial charge in [0, 0.05) is 17.5 Å². The van der Waals surface area contributed by atoms with Crippen molar-refractivity contribution in [2.24, 2.45) is 0 Å². The molecule has 0 bridgehead atoms. The second-order valence-corrected chi connectivity index (χ2v) is 10.2. The van der Waals surface area contributed by atoms with Crippen LogP contribution in [0.4, 0.5) is 10.2 Å². The molecule has 5 rings (SSSR count). The van der Waals surface area contributed by atoms with Crippen molar-refractivity contribution in [3.8, 4) is 22.6 Å². The Morgan fingerprint density at radius 2 is 1.81 bits per heavy atom. The molecule has 8 nitrogen and oxygen atoms in total. The van der Waals surface area contributed by atoms with Crippen molar-refractivity contribution in [3.63, 3.8) is 0 Å². The number of pyridine rings is 1. The average Bonchev–Trinajstić information content (AvgIpc) is 3.36. The van der Waals surface area contributed by atoms with Crippen LogP contribution in [0.3, 0.4) is 0 Å². The second-order valence-electron chi connectivity index (χ2n) is 8.52. The Bertz CT molecular complexity index is 1810. The van der Waals surface area contributed by atoms with Gasteiger partial charge in [0.2, 0.25) is 0 Å². The predicted molar refractivity (Wildman–Crippen MR) is 138 cm³/mol. The predicted octanol–water partition coefficient (Wildman–Crippen LogP) is 5.21. The Morgan fingerprint density at radius 1 is 1.00 bits per heavy atom. The fourth-order valence-corrected chi connectivity index (χ4v) is 5.35. The molecule has 188 valence electrons. The molecule has 0 unspecified atom stereocenters. The second kappa shape index (κ2) is 9.21. The van der Waals surface area contributed by atoms with Crippen molar-refractivity contribution in [2.45, 2.75) is 18.7 Å². The minimum Gasteiger partial charge on any atom is -0.495 e. The minimum absolute atomic E-state index is 0.000830. The van der Waals surface area contributed by atoms with Gasteiger partial charge in [0.05, 0.1) is 23.2 Å². The van der Waals surface area contributed by atoms with Crippen molar-refractivity contribution in [2.75, 3.05) is 11.8 Å². The highest BCUT2D eigenvalue weighted by molar-refractivity contribution is 7.92. The lowest BCUT2D eigenvalue weighted by Gasteiger charge is -2.18. The van der Waals surface area contributed by atoms with Crippen molar-refractivity contribution in [1.82, 2.24) is 9.72 Å². The van der Waals surface area contributed by atoms with Crippen LogP contribution in [0.25, 0.3) is 27.7 Å². The van der Waals surface area contributed by atoms with Gasteiger partial charge in [-0.1, -0.05) is 17.3 Å². The zero-order valence-electron chi connectivity index (χ0n) is 20.2. The van der Waals surface area contributed by atoms with Gasteiger partial charge in [-0.2, -0.15) is 0 Å². The van der Waals surface area contributed by atoms with Crippen LogP contribution in [0, 0.1) is 19.7 Å². The molecule has 0 amide bonds. The number of ether oxygens (including phenoxy) is 1. The van der Waals surface area contributed by atoms with Crippen molar-refractivity contribution < 1.29 is 22.1 Å². The van der Waals surface area contributed by atoms with E-state index in [1.807, 2.05) is 6.92 Å². The van der Waals surface area contributed by atoms with Gasteiger partial charge in [0.15, 0.2) is 5.82 Å². The number of hydrogen-bond donors (Lipinski definition) is 1. The lowest BCUT2D eigenvalue weighted by Crippen LogP contribution is -2.20. The van der Waals surface area contributed by atoms with E-state index < -0.39 is 10.0 Å². The third-order valence-corrected chi connectivity index (χ3v) is 7.44. The molecule has 0 radical (unpaired) electrons. The highest BCUT2D eigenvalue weighted by Gasteiger charge is 2.20. The number of benzene rings is 3. The normalized spacial score (nSPS) is 11.6. The van der Waals surface area contributed by atoms with E-state index in [-0.39, 0.29) is 22.1 Å². The Balaban J connectivity index is 1.69. The van der Waals surface area contributed by atoms with Gasteiger partial charge in [0.25, 0.3) is 15.6 Å². The maximum atomic E-state index is 13.9. The van der Waals surface area contributed by atoms with E-state index in [2.05, 4.69) is 9.88 Å². The molecule has 0 aliphatic heterocycles. The first kappa shape index (κ1) is 24.3. The van der Waals surface area contributed by atoms with Gasteiger partial charge >= 0.3 is 0 Å². The van der Waals surface area contributed by atoms with E-state index in [0.717, 1.165) is 11.1 Å². The van der Waals surface area contributed by atoms with E-state index in [4.69, 9.17) is 9.26 Å². The molecule has 0 fully saturated rings. The number of hydrogen-bond acceptors (Lipinski definition) is 6. The number of nitrogens with zero attached hydrogens (tertiary/aromatic N) is 2. The summed E-state index contributed by atoms with van der Waals surface area (Å²) in [6, 6.07) is 17.1. The number of anilines is 1. The molecule has 0 aliphatic rings. The molecule has 0 aliphatic carbocycles. The highest BCUT2D eigenvalue weighted by atomic mass is 32.2. The van der Waals surface area contributed by atoms with Crippen LogP contribution in [0.5, 0.6) is 5.75 Å². The van der Waals surface area contributed by atoms with Crippen LogP contribution in [0.1, 0.15) is 11.1 Å². The summed E-state index contributed by atoms with van der Waals surface area (Å²) in [6.45, 7) is 3.61. The Kier molecular flexibility index (Phi) is 6.04. The molecule has 0 spiro atoms. The summed E-state index contributed by atoms with van der Waals surface area (Å²) in [5, 5.41) is 4.15. The number of halogens is 1. The number of fused-ring (bicyclic) bond motifs is 1. The van der Waals surface area contributed by atoms with Crippen LogP contribution >= 0.6 is 0 Å². The Labute approximate surface area is 212 Å². The van der Waals surface area contributed by atoms with Gasteiger partial charge in [-0.25, -0.2) is 12.8 Å². The zero-order valence-corrected chi connectivity index (χ0v) is 21.0. The first-order valence-corrected chi connectivity index (χ1v) is 12.7. The van der Waals surface area contributed by atoms with Crippen LogP contribution in [-0.4, -0.2) is 25.3 Å². The molecule has 3 aromatic carbocycles. The summed E-state index contributed by atoms with van der Waals surface area (Å²) in [4.78, 5) is 13.2. The average molecular weight is 520 g/mol. The number of sulfonamides is 1. The Morgan fingerprint density at radius 3 is 2.51 bits per heavy atom. The first-order valence-electron chi connectivity index (χ1n) is 11.2. The number of aryl methyl sites for hydroxylation is 2. The maximum absolute atomic E-state index is 13.9. The maximum Gasteiger partial charge on any atom is 0.263 e. The van der Waals surface area contributed by atoms with Crippen molar-refractivity contribution in [3.05, 3.63) is 100 Å². The quantitative estimate of drug-likeness (QED) is 0.330. The highest BCUT2D eigenvalue weighted by Crippen LogP contribution is 2.34. The number of rotatable bonds is 6. The molecule has 2 aromatic heterocycles. The third-order valence-electron chi connectivity index (χ3n) is 6.08. The standard InChI is InChI=1S/C27H22FN3O5S/c1-16-11-24(25(35-3)15-21(16)18-5-4-6-19(28)13-18)31-23-8-7-20(14-22(23)17(2)12-27(31)32)37(33,34)30-26-9-10-36-29-26/h4-15H,1-3H3,(H,29,30). The summed E-state index contributed by atoms with van der Waals surface area (Å²) in [7, 11) is -2.46. The first-order chi connectivity index (χ1) is 17.7. The lowest BCUT2D eigenvalue weighted by molar-refractivity contribution is 0.413. The summed E-state index contributed by atoms with van der Waals surface area (Å²) >= 11 is 0. The fraction of sp³-hybridized carbons (Fsp3) is 0.111. The molecule has 1 N–H and O–H groups in total. The summed E-state index contributed by atoms with van der Waals surface area (Å²) in [5.74, 6) is 0.103. The molecule has 5 aromatic rings. The summed E-state index contributed by atoms with van der Waals surface area (Å²) < 4.78 is 53.9. The SMILES string of the molecule is COc1cc(-c2cccc(F)c2)c(C)cc1-n1c(=O)cc(C)c2cc(S(=O)(=O)Nc3ccon3)ccc21. The minimum atomic E-state index is -3.95. The van der Waals surface area contributed by atoms with Gasteiger partial charge in [-0.05, 0) is 78.6 Å². The number of aromatic nitrogens is 2. The Hall–Kier alpha value is -4.44. The van der Waals surface area contributed by atoms with Crippen LogP contribution in [-0.2, 0) is 10.0 Å². The molecular weight excluding hydrogens is 497 g/mol. The lowest BCUT2D eigenvalue weighted by atomic mass is 9.99. The molecule has 37 heavy (non-hydrogen) atoms. The number of methoxy groups -OCH3 is 1. The van der Waals surface area contributed by atoms with Crippen LogP contribution < -0.4 is 15.0 Å². The number of nitrogens with one attached hydrogen (secondary N) is 1. The van der Waals surface area contributed by atoms with Gasteiger partial charge in [-0.3, -0.25) is 14.1 Å². The molecule has 2 heterocycles. The van der Waals surface area contributed by atoms with Crippen molar-refractivity contribution in [1.29, 1.82) is 0 Å². The summed E-state index contributed by atoms with van der Waals surface area (Å²) in [6.07, 6.45) is 1.26. The van der Waals surface area contributed by atoms with Gasteiger partial charge in [0.1, 0.15) is 17.8 Å².